The van der Waals surface area contributed by atoms with Crippen LogP contribution in [0.1, 0.15) is 18.4 Å². The first kappa shape index (κ1) is 18.7. The Kier molecular flexibility index (Phi) is 5.24. The molecule has 0 aromatic heterocycles. The maximum absolute atomic E-state index is 12.8. The molecule has 0 saturated carbocycles. The Labute approximate surface area is 150 Å². The molecule has 1 N–H and O–H groups in total. The van der Waals surface area contributed by atoms with Gasteiger partial charge in [0.05, 0.1) is 10.5 Å². The monoisotopic (exact) mass is 384 g/mol. The lowest BCUT2D eigenvalue weighted by atomic mass is 10.1. The van der Waals surface area contributed by atoms with Gasteiger partial charge in [0.1, 0.15) is 0 Å². The Hall–Kier alpha value is -2.06. The lowest BCUT2D eigenvalue weighted by molar-refractivity contribution is -0.137. The number of rotatable bonds is 4. The van der Waals surface area contributed by atoms with E-state index in [2.05, 4.69) is 5.32 Å². The Morgan fingerprint density at radius 2 is 1.62 bits per heavy atom. The summed E-state index contributed by atoms with van der Waals surface area (Å²) in [5.41, 5.74) is 0.00545. The summed E-state index contributed by atoms with van der Waals surface area (Å²) >= 11 is 0. The maximum Gasteiger partial charge on any atom is 0.416 e. The van der Waals surface area contributed by atoms with Gasteiger partial charge < -0.3 is 5.32 Å². The summed E-state index contributed by atoms with van der Waals surface area (Å²) in [6, 6.07) is 13.6. The number of nitrogens with one attached hydrogen (secondary N) is 1. The van der Waals surface area contributed by atoms with Crippen molar-refractivity contribution in [2.45, 2.75) is 30.0 Å². The number of hydrogen-bond acceptors (Lipinski definition) is 3. The largest absolute Gasteiger partial charge is 0.416 e. The Balaban J connectivity index is 1.68. The van der Waals surface area contributed by atoms with Crippen molar-refractivity contribution in [2.75, 3.05) is 18.4 Å². The van der Waals surface area contributed by atoms with Crippen LogP contribution in [0.3, 0.4) is 0 Å². The molecule has 1 heterocycles. The molecule has 0 unspecified atom stereocenters. The predicted molar refractivity (Wildman–Crippen MR) is 93.3 cm³/mol. The number of sulfonamides is 1. The Bertz CT molecular complexity index is 846. The normalized spacial score (nSPS) is 17.2. The van der Waals surface area contributed by atoms with Gasteiger partial charge in [-0.15, -0.1) is 0 Å². The smallest absolute Gasteiger partial charge is 0.382 e. The molecule has 8 heteroatoms. The van der Waals surface area contributed by atoms with E-state index in [0.717, 1.165) is 17.8 Å². The molecule has 4 nitrogen and oxygen atoms in total. The number of alkyl halides is 3. The SMILES string of the molecule is O=S(=O)(c1cccc(C(F)(F)F)c1)N1CCC(Nc2ccccc2)CC1. The summed E-state index contributed by atoms with van der Waals surface area (Å²) < 4.78 is 65.1. The molecule has 0 spiro atoms. The topological polar surface area (TPSA) is 49.4 Å². The minimum atomic E-state index is -4.57. The number of halogens is 3. The Morgan fingerprint density at radius 1 is 0.962 bits per heavy atom. The molecule has 3 rings (SSSR count). The summed E-state index contributed by atoms with van der Waals surface area (Å²) in [5.74, 6) is 0. The van der Waals surface area contributed by atoms with Crippen LogP contribution in [0, 0.1) is 0 Å². The van der Waals surface area contributed by atoms with Crippen molar-refractivity contribution in [2.24, 2.45) is 0 Å². The number of para-hydroxylation sites is 1. The lowest BCUT2D eigenvalue weighted by Gasteiger charge is -2.32. The first-order valence-corrected chi connectivity index (χ1v) is 9.70. The summed E-state index contributed by atoms with van der Waals surface area (Å²) in [5, 5.41) is 3.35. The van der Waals surface area contributed by atoms with Gasteiger partial charge in [0.2, 0.25) is 10.0 Å². The fourth-order valence-electron chi connectivity index (χ4n) is 2.99. The van der Waals surface area contributed by atoms with Crippen LogP contribution in [-0.2, 0) is 16.2 Å². The lowest BCUT2D eigenvalue weighted by Crippen LogP contribution is -2.42. The van der Waals surface area contributed by atoms with Crippen molar-refractivity contribution >= 4 is 15.7 Å². The zero-order chi connectivity index (χ0) is 18.8. The third kappa shape index (κ3) is 4.19. The van der Waals surface area contributed by atoms with Gasteiger partial charge in [-0.05, 0) is 43.2 Å². The molecule has 140 valence electrons. The van der Waals surface area contributed by atoms with Gasteiger partial charge in [-0.25, -0.2) is 8.42 Å². The average molecular weight is 384 g/mol. The maximum atomic E-state index is 12.8. The molecule has 0 bridgehead atoms. The fourth-order valence-corrected chi connectivity index (χ4v) is 4.51. The first-order chi connectivity index (χ1) is 12.3. The van der Waals surface area contributed by atoms with Crippen molar-refractivity contribution in [3.8, 4) is 0 Å². The number of hydrogen-bond donors (Lipinski definition) is 1. The zero-order valence-corrected chi connectivity index (χ0v) is 14.7. The molecule has 1 aliphatic heterocycles. The predicted octanol–water partition coefficient (Wildman–Crippen LogP) is 3.97. The highest BCUT2D eigenvalue weighted by Gasteiger charge is 2.34. The molecule has 0 amide bonds. The molecule has 1 aliphatic rings. The van der Waals surface area contributed by atoms with E-state index in [0.29, 0.717) is 18.9 Å². The van der Waals surface area contributed by atoms with Crippen molar-refractivity contribution in [1.29, 1.82) is 0 Å². The van der Waals surface area contributed by atoms with Gasteiger partial charge in [-0.1, -0.05) is 24.3 Å². The van der Waals surface area contributed by atoms with E-state index in [4.69, 9.17) is 0 Å². The van der Waals surface area contributed by atoms with Crippen LogP contribution in [0.15, 0.2) is 59.5 Å². The number of anilines is 1. The average Bonchev–Trinajstić information content (AvgIpc) is 2.62. The van der Waals surface area contributed by atoms with E-state index in [1.165, 1.54) is 10.4 Å². The quantitative estimate of drug-likeness (QED) is 0.868. The van der Waals surface area contributed by atoms with E-state index in [9.17, 15) is 21.6 Å². The van der Waals surface area contributed by atoms with E-state index < -0.39 is 21.8 Å². The van der Waals surface area contributed by atoms with Crippen LogP contribution in [0.2, 0.25) is 0 Å². The fraction of sp³-hybridized carbons (Fsp3) is 0.333. The van der Waals surface area contributed by atoms with E-state index in [-0.39, 0.29) is 24.0 Å². The van der Waals surface area contributed by atoms with Gasteiger partial charge >= 0.3 is 6.18 Å². The van der Waals surface area contributed by atoms with Gasteiger partial charge in [-0.3, -0.25) is 0 Å². The van der Waals surface area contributed by atoms with E-state index in [1.54, 1.807) is 0 Å². The number of benzene rings is 2. The molecule has 2 aromatic carbocycles. The van der Waals surface area contributed by atoms with Crippen LogP contribution in [0.5, 0.6) is 0 Å². The number of piperidine rings is 1. The van der Waals surface area contributed by atoms with Gasteiger partial charge in [0.15, 0.2) is 0 Å². The Morgan fingerprint density at radius 3 is 2.23 bits per heavy atom. The van der Waals surface area contributed by atoms with Crippen LogP contribution < -0.4 is 5.32 Å². The third-order valence-electron chi connectivity index (χ3n) is 4.40. The minimum Gasteiger partial charge on any atom is -0.382 e. The molecular weight excluding hydrogens is 365 g/mol. The second kappa shape index (κ2) is 7.28. The second-order valence-electron chi connectivity index (χ2n) is 6.21. The zero-order valence-electron chi connectivity index (χ0n) is 13.9. The molecule has 1 saturated heterocycles. The standard InChI is InChI=1S/C18H19F3N2O2S/c19-18(20,21)14-5-4-8-17(13-14)26(24,25)23-11-9-16(10-12-23)22-15-6-2-1-3-7-15/h1-8,13,16,22H,9-12H2. The molecule has 0 aliphatic carbocycles. The molecule has 0 atom stereocenters. The van der Waals surface area contributed by atoms with Crippen LogP contribution in [-0.4, -0.2) is 31.9 Å². The summed E-state index contributed by atoms with van der Waals surface area (Å²) in [4.78, 5) is -0.318. The first-order valence-electron chi connectivity index (χ1n) is 8.26. The second-order valence-corrected chi connectivity index (χ2v) is 8.15. The van der Waals surface area contributed by atoms with Crippen LogP contribution in [0.25, 0.3) is 0 Å². The molecule has 0 radical (unpaired) electrons. The highest BCUT2D eigenvalue weighted by molar-refractivity contribution is 7.89. The molecular formula is C18H19F3N2O2S. The van der Waals surface area contributed by atoms with Gasteiger partial charge in [0, 0.05) is 24.8 Å². The summed E-state index contributed by atoms with van der Waals surface area (Å²) in [6.07, 6.45) is -3.39. The molecule has 1 fully saturated rings. The van der Waals surface area contributed by atoms with Crippen LogP contribution >= 0.6 is 0 Å². The van der Waals surface area contributed by atoms with Crippen molar-refractivity contribution < 1.29 is 21.6 Å². The minimum absolute atomic E-state index is 0.130. The van der Waals surface area contributed by atoms with E-state index in [1.807, 2.05) is 30.3 Å². The third-order valence-corrected chi connectivity index (χ3v) is 6.29. The molecule has 26 heavy (non-hydrogen) atoms. The summed E-state index contributed by atoms with van der Waals surface area (Å²) in [7, 11) is -3.94. The van der Waals surface area contributed by atoms with Crippen molar-refractivity contribution in [3.63, 3.8) is 0 Å². The van der Waals surface area contributed by atoms with Crippen molar-refractivity contribution in [3.05, 3.63) is 60.2 Å². The van der Waals surface area contributed by atoms with E-state index >= 15 is 0 Å². The highest BCUT2D eigenvalue weighted by atomic mass is 32.2. The van der Waals surface area contributed by atoms with Crippen molar-refractivity contribution in [1.82, 2.24) is 4.31 Å². The van der Waals surface area contributed by atoms with Gasteiger partial charge in [-0.2, -0.15) is 17.5 Å². The molecule has 2 aromatic rings. The summed E-state index contributed by atoms with van der Waals surface area (Å²) in [6.45, 7) is 0.534. The highest BCUT2D eigenvalue weighted by Crippen LogP contribution is 2.31. The number of nitrogens with zero attached hydrogens (tertiary/aromatic N) is 1. The van der Waals surface area contributed by atoms with Crippen LogP contribution in [0.4, 0.5) is 18.9 Å². The van der Waals surface area contributed by atoms with Gasteiger partial charge in [0.25, 0.3) is 0 Å².